The van der Waals surface area contributed by atoms with Crippen LogP contribution in [0.5, 0.6) is 5.75 Å². The number of aryl methyl sites for hydroxylation is 1. The van der Waals surface area contributed by atoms with E-state index in [9.17, 15) is 9.50 Å². The van der Waals surface area contributed by atoms with Gasteiger partial charge in [-0.05, 0) is 25.5 Å². The lowest BCUT2D eigenvalue weighted by Gasteiger charge is -2.25. The summed E-state index contributed by atoms with van der Waals surface area (Å²) in [6.07, 6.45) is 1.72. The number of ether oxygens (including phenoxy) is 1. The normalized spacial score (nSPS) is 14.1. The molecule has 1 atom stereocenters. The average Bonchev–Trinajstić information content (AvgIpc) is 2.85. The van der Waals surface area contributed by atoms with Crippen molar-refractivity contribution in [2.24, 2.45) is 0 Å². The fourth-order valence-electron chi connectivity index (χ4n) is 2.40. The molecule has 0 aliphatic carbocycles. The van der Waals surface area contributed by atoms with Crippen LogP contribution in [0.25, 0.3) is 0 Å². The number of nitrogens with zero attached hydrogens (tertiary/aromatic N) is 2. The summed E-state index contributed by atoms with van der Waals surface area (Å²) in [7, 11) is 1.53. The average molecular weight is 278 g/mol. The number of hydrogen-bond donors (Lipinski definition) is 1. The molecule has 0 bridgehead atoms. The molecule has 0 fully saturated rings. The summed E-state index contributed by atoms with van der Waals surface area (Å²) in [4.78, 5) is 0. The Morgan fingerprint density at radius 1 is 1.40 bits per heavy atom. The molecule has 0 radical (unpaired) electrons. The van der Waals surface area contributed by atoms with Crippen LogP contribution < -0.4 is 4.74 Å². The highest BCUT2D eigenvalue weighted by Gasteiger charge is 2.32. The van der Waals surface area contributed by atoms with Crippen molar-refractivity contribution in [2.75, 3.05) is 7.11 Å². The highest BCUT2D eigenvalue weighted by molar-refractivity contribution is 5.32. The second-order valence-electron chi connectivity index (χ2n) is 4.92. The summed E-state index contributed by atoms with van der Waals surface area (Å²) in [6, 6.07) is 6.44. The molecular weight excluding hydrogens is 259 g/mol. The summed E-state index contributed by atoms with van der Waals surface area (Å²) in [5, 5.41) is 14.9. The summed E-state index contributed by atoms with van der Waals surface area (Å²) in [6.45, 7) is 4.17. The van der Waals surface area contributed by atoms with Gasteiger partial charge in [-0.3, -0.25) is 4.68 Å². The van der Waals surface area contributed by atoms with Crippen molar-refractivity contribution in [3.05, 3.63) is 47.5 Å². The molecule has 1 unspecified atom stereocenters. The van der Waals surface area contributed by atoms with Gasteiger partial charge in [-0.25, -0.2) is 4.39 Å². The van der Waals surface area contributed by atoms with Gasteiger partial charge < -0.3 is 9.84 Å². The predicted octanol–water partition coefficient (Wildman–Crippen LogP) is 2.50. The van der Waals surface area contributed by atoms with Gasteiger partial charge in [0.2, 0.25) is 0 Å². The van der Waals surface area contributed by atoms with E-state index >= 15 is 0 Å². The Kier molecular flexibility index (Phi) is 4.09. The monoisotopic (exact) mass is 278 g/mol. The molecule has 1 aromatic carbocycles. The van der Waals surface area contributed by atoms with Gasteiger partial charge in [0.25, 0.3) is 0 Å². The molecular formula is C15H19FN2O2. The maximum Gasteiger partial charge on any atom is 0.162 e. The van der Waals surface area contributed by atoms with E-state index in [2.05, 4.69) is 5.10 Å². The van der Waals surface area contributed by atoms with E-state index in [0.29, 0.717) is 23.6 Å². The zero-order valence-electron chi connectivity index (χ0n) is 11.9. The lowest BCUT2D eigenvalue weighted by Crippen LogP contribution is -2.29. The van der Waals surface area contributed by atoms with Crippen LogP contribution in [0.1, 0.15) is 25.1 Å². The Morgan fingerprint density at radius 3 is 2.70 bits per heavy atom. The molecule has 1 aromatic heterocycles. The van der Waals surface area contributed by atoms with E-state index < -0.39 is 5.60 Å². The third-order valence-electron chi connectivity index (χ3n) is 3.33. The molecule has 0 amide bonds. The second kappa shape index (κ2) is 5.63. The van der Waals surface area contributed by atoms with E-state index in [4.69, 9.17) is 4.74 Å². The van der Waals surface area contributed by atoms with Gasteiger partial charge in [-0.1, -0.05) is 18.2 Å². The third-order valence-corrected chi connectivity index (χ3v) is 3.33. The number of aliphatic hydroxyl groups is 1. The summed E-state index contributed by atoms with van der Waals surface area (Å²) in [5.41, 5.74) is -0.241. The van der Waals surface area contributed by atoms with Gasteiger partial charge in [0.15, 0.2) is 5.75 Å². The molecule has 0 spiro atoms. The molecule has 1 heterocycles. The van der Waals surface area contributed by atoms with Crippen molar-refractivity contribution in [2.45, 2.75) is 32.4 Å². The summed E-state index contributed by atoms with van der Waals surface area (Å²) in [5.74, 6) is 0.183. The first-order valence-electron chi connectivity index (χ1n) is 6.55. The number of methoxy groups -OCH3 is 1. The Labute approximate surface area is 117 Å². The van der Waals surface area contributed by atoms with Crippen molar-refractivity contribution in [3.63, 3.8) is 0 Å². The Balaban J connectivity index is 2.40. The van der Waals surface area contributed by atoms with Crippen LogP contribution in [0, 0.1) is 5.82 Å². The zero-order valence-corrected chi connectivity index (χ0v) is 11.9. The van der Waals surface area contributed by atoms with Gasteiger partial charge in [-0.2, -0.15) is 5.10 Å². The number of benzene rings is 1. The summed E-state index contributed by atoms with van der Waals surface area (Å²) >= 11 is 0. The molecule has 108 valence electrons. The van der Waals surface area contributed by atoms with E-state index in [1.807, 2.05) is 6.92 Å². The highest BCUT2D eigenvalue weighted by atomic mass is 19.1. The van der Waals surface area contributed by atoms with Gasteiger partial charge in [-0.15, -0.1) is 0 Å². The molecule has 20 heavy (non-hydrogen) atoms. The van der Waals surface area contributed by atoms with E-state index in [1.165, 1.54) is 13.2 Å². The van der Waals surface area contributed by atoms with Gasteiger partial charge in [0, 0.05) is 13.0 Å². The van der Waals surface area contributed by atoms with Crippen molar-refractivity contribution in [1.82, 2.24) is 9.78 Å². The maximum absolute atomic E-state index is 13.8. The third kappa shape index (κ3) is 2.67. The SMILES string of the molecule is CCn1ncc(OC)c1C(C)(O)Cc1ccccc1F. The van der Waals surface area contributed by atoms with Gasteiger partial charge in [0.1, 0.15) is 17.1 Å². The first-order valence-corrected chi connectivity index (χ1v) is 6.55. The molecule has 1 N–H and O–H groups in total. The fourth-order valence-corrected chi connectivity index (χ4v) is 2.40. The summed E-state index contributed by atoms with van der Waals surface area (Å²) < 4.78 is 20.7. The molecule has 0 saturated carbocycles. The standard InChI is InChI=1S/C15H19FN2O2/c1-4-18-14(13(20-3)10-17-18)15(2,19)9-11-7-5-6-8-12(11)16/h5-8,10,19H,4,9H2,1-3H3. The number of rotatable bonds is 5. The van der Waals surface area contributed by atoms with Crippen molar-refractivity contribution < 1.29 is 14.2 Å². The van der Waals surface area contributed by atoms with Crippen LogP contribution in [0.15, 0.2) is 30.5 Å². The first-order chi connectivity index (χ1) is 9.49. The lowest BCUT2D eigenvalue weighted by molar-refractivity contribution is 0.0445. The minimum absolute atomic E-state index is 0.154. The Bertz CT molecular complexity index is 572. The molecule has 2 rings (SSSR count). The minimum atomic E-state index is -1.26. The molecule has 0 aliphatic rings. The van der Waals surface area contributed by atoms with Crippen molar-refractivity contribution >= 4 is 0 Å². The van der Waals surface area contributed by atoms with E-state index in [0.717, 1.165) is 0 Å². The molecule has 4 nitrogen and oxygen atoms in total. The minimum Gasteiger partial charge on any atom is -0.493 e. The van der Waals surface area contributed by atoms with Crippen molar-refractivity contribution in [3.8, 4) is 5.75 Å². The smallest absolute Gasteiger partial charge is 0.162 e. The second-order valence-corrected chi connectivity index (χ2v) is 4.92. The van der Waals surface area contributed by atoms with E-state index in [-0.39, 0.29) is 12.2 Å². The van der Waals surface area contributed by atoms with Crippen LogP contribution in [0.4, 0.5) is 4.39 Å². The Morgan fingerprint density at radius 2 is 2.10 bits per heavy atom. The maximum atomic E-state index is 13.8. The number of aromatic nitrogens is 2. The molecule has 5 heteroatoms. The Hall–Kier alpha value is -1.88. The zero-order chi connectivity index (χ0) is 14.8. The largest absolute Gasteiger partial charge is 0.493 e. The fraction of sp³-hybridized carbons (Fsp3) is 0.400. The van der Waals surface area contributed by atoms with Crippen LogP contribution >= 0.6 is 0 Å². The highest BCUT2D eigenvalue weighted by Crippen LogP contribution is 2.33. The van der Waals surface area contributed by atoms with Crippen LogP contribution in [-0.2, 0) is 18.6 Å². The topological polar surface area (TPSA) is 47.3 Å². The predicted molar refractivity (Wildman–Crippen MR) is 74.1 cm³/mol. The number of hydrogen-bond acceptors (Lipinski definition) is 3. The molecule has 0 saturated heterocycles. The van der Waals surface area contributed by atoms with E-state index in [1.54, 1.807) is 36.0 Å². The quantitative estimate of drug-likeness (QED) is 0.914. The molecule has 0 aliphatic heterocycles. The van der Waals surface area contributed by atoms with Crippen LogP contribution in [0.2, 0.25) is 0 Å². The molecule has 2 aromatic rings. The van der Waals surface area contributed by atoms with Crippen LogP contribution in [0.3, 0.4) is 0 Å². The lowest BCUT2D eigenvalue weighted by atomic mass is 9.92. The van der Waals surface area contributed by atoms with Crippen LogP contribution in [-0.4, -0.2) is 22.0 Å². The number of halogens is 1. The van der Waals surface area contributed by atoms with Gasteiger partial charge >= 0.3 is 0 Å². The first kappa shape index (κ1) is 14.5. The van der Waals surface area contributed by atoms with Gasteiger partial charge in [0.05, 0.1) is 13.3 Å². The van der Waals surface area contributed by atoms with Crippen molar-refractivity contribution in [1.29, 1.82) is 0 Å².